The summed E-state index contributed by atoms with van der Waals surface area (Å²) in [6.07, 6.45) is 3.05. The summed E-state index contributed by atoms with van der Waals surface area (Å²) in [6, 6.07) is 7.30. The zero-order chi connectivity index (χ0) is 14.3. The summed E-state index contributed by atoms with van der Waals surface area (Å²) >= 11 is 6.25. The molecule has 0 aliphatic carbocycles. The third-order valence-corrected chi connectivity index (χ3v) is 3.73. The molecule has 0 spiro atoms. The van der Waals surface area contributed by atoms with Crippen LogP contribution in [0.3, 0.4) is 0 Å². The van der Waals surface area contributed by atoms with Gasteiger partial charge in [-0.2, -0.15) is 9.98 Å². The normalized spacial score (nSPS) is 10.5. The van der Waals surface area contributed by atoms with Crippen molar-refractivity contribution in [1.29, 1.82) is 0 Å². The number of hydrogen-bond donors (Lipinski definition) is 0. The molecular formula is C15H7ClN2O2. The predicted octanol–water partition coefficient (Wildman–Crippen LogP) is 4.33. The van der Waals surface area contributed by atoms with E-state index in [2.05, 4.69) is 9.98 Å². The smallest absolute Gasteiger partial charge is 0.211 e. The molecule has 0 unspecified atom stereocenters. The molecule has 0 aliphatic heterocycles. The van der Waals surface area contributed by atoms with Crippen molar-refractivity contribution in [3.8, 4) is 0 Å². The van der Waals surface area contributed by atoms with Crippen molar-refractivity contribution >= 4 is 56.7 Å². The second-order valence-electron chi connectivity index (χ2n) is 4.36. The molecule has 4 nitrogen and oxygen atoms in total. The predicted molar refractivity (Wildman–Crippen MR) is 78.0 cm³/mol. The van der Waals surface area contributed by atoms with Crippen LogP contribution in [0.4, 0.5) is 11.4 Å². The Kier molecular flexibility index (Phi) is 2.85. The minimum absolute atomic E-state index is 0.412. The maximum absolute atomic E-state index is 10.6. The van der Waals surface area contributed by atoms with E-state index >= 15 is 0 Å². The van der Waals surface area contributed by atoms with Crippen LogP contribution in [0.25, 0.3) is 21.5 Å². The second kappa shape index (κ2) is 4.55. The fourth-order valence-corrected chi connectivity index (χ4v) is 2.87. The van der Waals surface area contributed by atoms with Gasteiger partial charge in [0.05, 0.1) is 11.4 Å². The summed E-state index contributed by atoms with van der Waals surface area (Å²) in [5.41, 5.74) is 1.70. The number of halogens is 1. The van der Waals surface area contributed by atoms with E-state index in [9.17, 15) is 9.59 Å². The Morgan fingerprint density at radius 2 is 1.80 bits per heavy atom. The number of carbonyl (C=O) groups excluding carboxylic acids is 2. The van der Waals surface area contributed by atoms with E-state index in [1.165, 1.54) is 12.2 Å². The van der Waals surface area contributed by atoms with E-state index < -0.39 is 0 Å². The Bertz CT molecular complexity index is 936. The van der Waals surface area contributed by atoms with Gasteiger partial charge in [-0.25, -0.2) is 9.59 Å². The summed E-state index contributed by atoms with van der Waals surface area (Å²) in [5.74, 6) is 0. The van der Waals surface area contributed by atoms with Gasteiger partial charge in [-0.15, -0.1) is 0 Å². The first-order valence-corrected chi connectivity index (χ1v) is 6.19. The van der Waals surface area contributed by atoms with E-state index in [1.54, 1.807) is 12.1 Å². The third kappa shape index (κ3) is 1.57. The van der Waals surface area contributed by atoms with Crippen molar-refractivity contribution in [2.24, 2.45) is 9.98 Å². The highest BCUT2D eigenvalue weighted by Crippen LogP contribution is 2.47. The monoisotopic (exact) mass is 282 g/mol. The minimum atomic E-state index is 0.412. The van der Waals surface area contributed by atoms with Crippen molar-refractivity contribution in [3.63, 3.8) is 0 Å². The van der Waals surface area contributed by atoms with Crippen molar-refractivity contribution in [2.45, 2.75) is 6.92 Å². The number of isocyanates is 2. The van der Waals surface area contributed by atoms with Gasteiger partial charge in [-0.05, 0) is 35.4 Å². The first-order valence-electron chi connectivity index (χ1n) is 5.81. The van der Waals surface area contributed by atoms with Gasteiger partial charge in [0.2, 0.25) is 12.2 Å². The maximum Gasteiger partial charge on any atom is 0.240 e. The fourth-order valence-electron chi connectivity index (χ4n) is 2.61. The topological polar surface area (TPSA) is 58.9 Å². The molecule has 0 amide bonds. The van der Waals surface area contributed by atoms with Crippen molar-refractivity contribution in [1.82, 2.24) is 0 Å². The molecular weight excluding hydrogens is 276 g/mol. The summed E-state index contributed by atoms with van der Waals surface area (Å²) in [5, 5.41) is 3.62. The Labute approximate surface area is 118 Å². The van der Waals surface area contributed by atoms with Crippen LogP contribution in [0.2, 0.25) is 5.02 Å². The highest BCUT2D eigenvalue weighted by atomic mass is 35.5. The first-order chi connectivity index (χ1) is 9.69. The molecule has 4 aromatic rings. The van der Waals surface area contributed by atoms with Crippen molar-refractivity contribution < 1.29 is 9.59 Å². The number of fused-ring (bicyclic) bond motifs is 2. The van der Waals surface area contributed by atoms with Crippen LogP contribution in [0.15, 0.2) is 34.3 Å². The largest absolute Gasteiger partial charge is 0.240 e. The number of aryl methyl sites for hydroxylation is 1. The molecule has 0 heterocycles. The SMILES string of the molecule is Cc1c(N=C=O)c2c(N=C=O)cc1c1cccc(Cl)c21. The van der Waals surface area contributed by atoms with Crippen LogP contribution in [0.1, 0.15) is 5.56 Å². The highest BCUT2D eigenvalue weighted by Gasteiger charge is 2.19. The van der Waals surface area contributed by atoms with E-state index in [1.807, 2.05) is 19.1 Å². The lowest BCUT2D eigenvalue weighted by Gasteiger charge is -2.16. The van der Waals surface area contributed by atoms with Crippen LogP contribution >= 0.6 is 11.6 Å². The third-order valence-electron chi connectivity index (χ3n) is 3.41. The molecule has 0 N–H and O–H groups in total. The zero-order valence-corrected chi connectivity index (χ0v) is 11.2. The van der Waals surface area contributed by atoms with Gasteiger partial charge < -0.3 is 0 Å². The Morgan fingerprint density at radius 1 is 1.05 bits per heavy atom. The number of rotatable bonds is 2. The van der Waals surface area contributed by atoms with E-state index in [4.69, 9.17) is 11.6 Å². The Balaban J connectivity index is 2.70. The molecule has 5 heteroatoms. The molecule has 96 valence electrons. The lowest BCUT2D eigenvalue weighted by molar-refractivity contribution is 0.565. The van der Waals surface area contributed by atoms with Gasteiger partial charge in [-0.3, -0.25) is 0 Å². The number of aliphatic imine (C=N–C) groups is 2. The van der Waals surface area contributed by atoms with Gasteiger partial charge in [0.1, 0.15) is 0 Å². The van der Waals surface area contributed by atoms with Gasteiger partial charge >= 0.3 is 0 Å². The van der Waals surface area contributed by atoms with Crippen molar-refractivity contribution in [3.05, 3.63) is 34.9 Å². The van der Waals surface area contributed by atoms with Crippen LogP contribution in [0.5, 0.6) is 0 Å². The van der Waals surface area contributed by atoms with Crippen LogP contribution < -0.4 is 0 Å². The molecule has 0 saturated heterocycles. The van der Waals surface area contributed by atoms with Gasteiger partial charge in [0.15, 0.2) is 0 Å². The number of benzene rings is 4. The average molecular weight is 283 g/mol. The molecule has 0 saturated carbocycles. The first kappa shape index (κ1) is 12.5. The standard InChI is InChI=1S/C15H7ClN2O2/c1-8-10-5-12(17-6-19)14(15(8)18-7-20)13-9(10)3-2-4-11(13)16/h2-5H,1H3. The summed E-state index contributed by atoms with van der Waals surface area (Å²) in [6.45, 7) is 1.85. The average Bonchev–Trinajstić information content (AvgIpc) is 2.44. The lowest BCUT2D eigenvalue weighted by Crippen LogP contribution is -1.89. The molecule has 4 aromatic carbocycles. The Morgan fingerprint density at radius 3 is 2.50 bits per heavy atom. The maximum atomic E-state index is 10.6. The van der Waals surface area contributed by atoms with Crippen LogP contribution in [0, 0.1) is 6.92 Å². The number of nitrogens with zero attached hydrogens (tertiary/aromatic N) is 2. The lowest BCUT2D eigenvalue weighted by atomic mass is 9.91. The molecule has 0 fully saturated rings. The van der Waals surface area contributed by atoms with Crippen LogP contribution in [-0.2, 0) is 9.59 Å². The molecule has 0 aromatic heterocycles. The van der Waals surface area contributed by atoms with Crippen molar-refractivity contribution in [2.75, 3.05) is 0 Å². The van der Waals surface area contributed by atoms with Crippen LogP contribution in [-0.4, -0.2) is 12.2 Å². The van der Waals surface area contributed by atoms with E-state index in [-0.39, 0.29) is 0 Å². The number of hydrogen-bond acceptors (Lipinski definition) is 4. The van der Waals surface area contributed by atoms with Gasteiger partial charge in [0.25, 0.3) is 0 Å². The molecule has 0 atom stereocenters. The second-order valence-corrected chi connectivity index (χ2v) is 4.77. The zero-order valence-electron chi connectivity index (χ0n) is 10.4. The minimum Gasteiger partial charge on any atom is -0.211 e. The Hall–Kier alpha value is -2.51. The summed E-state index contributed by atoms with van der Waals surface area (Å²) in [7, 11) is 0. The summed E-state index contributed by atoms with van der Waals surface area (Å²) in [4.78, 5) is 28.7. The molecule has 2 bridgehead atoms. The quantitative estimate of drug-likeness (QED) is 0.519. The van der Waals surface area contributed by atoms with Gasteiger partial charge in [0, 0.05) is 15.8 Å². The molecule has 0 radical (unpaired) electrons. The highest BCUT2D eigenvalue weighted by molar-refractivity contribution is 6.40. The molecule has 20 heavy (non-hydrogen) atoms. The van der Waals surface area contributed by atoms with Gasteiger partial charge in [-0.1, -0.05) is 23.7 Å². The van der Waals surface area contributed by atoms with E-state index in [0.29, 0.717) is 21.8 Å². The molecule has 0 aliphatic rings. The fraction of sp³-hybridized carbons (Fsp3) is 0.0667. The summed E-state index contributed by atoms with van der Waals surface area (Å²) < 4.78 is 0. The molecule has 4 rings (SSSR count). The van der Waals surface area contributed by atoms with E-state index in [0.717, 1.165) is 21.7 Å².